The highest BCUT2D eigenvalue weighted by atomic mass is 15.0. The molecule has 0 fully saturated rings. The van der Waals surface area contributed by atoms with Crippen LogP contribution in [0.1, 0.15) is 55.5 Å². The number of hydrogen-bond acceptors (Lipinski definition) is 3. The van der Waals surface area contributed by atoms with E-state index in [4.69, 9.17) is 15.0 Å². The Hall–Kier alpha value is -8.21. The lowest BCUT2D eigenvalue weighted by Gasteiger charge is -2.31. The van der Waals surface area contributed by atoms with Crippen molar-refractivity contribution in [3.05, 3.63) is 240 Å². The standard InChI is InChI=1S/C63H50N4.C2H6/c1-41-30-33-51(67-58-34-31-48(44-21-10-6-11-22-44)36-54(58)55-37-49(32-35-59(55)67)45-23-12-7-13-24-45)40-52(41)53-38-50(39-57(43(53)3)63(4,5)56-29-19-18-20-42(56)2)62-65-60(46-25-14-8-15-26-46)64-61(66-62)47-27-16-9-17-28-47;1-2/h6-40H,1-5H3;1-2H3. The first-order valence-electron chi connectivity index (χ1n) is 24.1. The zero-order valence-electron chi connectivity index (χ0n) is 40.5. The molecule has 0 aliphatic heterocycles. The predicted octanol–water partition coefficient (Wildman–Crippen LogP) is 17.2. The molecular formula is C65H56N4. The molecule has 0 N–H and O–H groups in total. The van der Waals surface area contributed by atoms with Crippen molar-refractivity contribution in [3.63, 3.8) is 0 Å². The third-order valence-electron chi connectivity index (χ3n) is 13.6. The summed E-state index contributed by atoms with van der Waals surface area (Å²) in [6, 6.07) is 76.0. The number of rotatable bonds is 9. The second-order valence-corrected chi connectivity index (χ2v) is 18.2. The maximum atomic E-state index is 5.26. The van der Waals surface area contributed by atoms with Crippen molar-refractivity contribution < 1.29 is 0 Å². The van der Waals surface area contributed by atoms with E-state index >= 15 is 0 Å². The number of fused-ring (bicyclic) bond motifs is 3. The van der Waals surface area contributed by atoms with E-state index in [9.17, 15) is 0 Å². The van der Waals surface area contributed by atoms with Gasteiger partial charge >= 0.3 is 0 Å². The third kappa shape index (κ3) is 8.44. The lowest BCUT2D eigenvalue weighted by molar-refractivity contribution is 0.632. The molecule has 0 aliphatic carbocycles. The van der Waals surface area contributed by atoms with Gasteiger partial charge < -0.3 is 4.57 Å². The van der Waals surface area contributed by atoms with Crippen molar-refractivity contribution in [1.82, 2.24) is 19.5 Å². The highest BCUT2D eigenvalue weighted by Gasteiger charge is 2.30. The number of aryl methyl sites for hydroxylation is 2. The second kappa shape index (κ2) is 18.8. The van der Waals surface area contributed by atoms with Gasteiger partial charge in [0.05, 0.1) is 11.0 Å². The van der Waals surface area contributed by atoms with Crippen LogP contribution in [0, 0.1) is 20.8 Å². The molecular weight excluding hydrogens is 837 g/mol. The first-order chi connectivity index (χ1) is 33.7. The van der Waals surface area contributed by atoms with Gasteiger partial charge in [0, 0.05) is 38.6 Å². The van der Waals surface area contributed by atoms with Gasteiger partial charge in [-0.25, -0.2) is 15.0 Å². The van der Waals surface area contributed by atoms with Crippen LogP contribution in [0.4, 0.5) is 0 Å². The van der Waals surface area contributed by atoms with Crippen LogP contribution in [0.5, 0.6) is 0 Å². The van der Waals surface area contributed by atoms with Crippen molar-refractivity contribution in [2.45, 2.75) is 53.9 Å². The summed E-state index contributed by atoms with van der Waals surface area (Å²) in [5.41, 5.74) is 19.2. The van der Waals surface area contributed by atoms with Gasteiger partial charge in [0.2, 0.25) is 0 Å². The van der Waals surface area contributed by atoms with Crippen LogP contribution in [0.15, 0.2) is 212 Å². The highest BCUT2D eigenvalue weighted by Crippen LogP contribution is 2.44. The van der Waals surface area contributed by atoms with Crippen LogP contribution in [0.25, 0.3) is 95.0 Å². The Labute approximate surface area is 406 Å². The predicted molar refractivity (Wildman–Crippen MR) is 291 cm³/mol. The van der Waals surface area contributed by atoms with Gasteiger partial charge in [-0.15, -0.1) is 0 Å². The van der Waals surface area contributed by atoms with Crippen molar-refractivity contribution in [1.29, 1.82) is 0 Å². The summed E-state index contributed by atoms with van der Waals surface area (Å²) in [6.45, 7) is 15.4. The third-order valence-corrected chi connectivity index (χ3v) is 13.6. The first kappa shape index (κ1) is 44.6. The Bertz CT molecular complexity index is 3460. The van der Waals surface area contributed by atoms with Crippen molar-refractivity contribution in [2.24, 2.45) is 0 Å². The first-order valence-corrected chi connectivity index (χ1v) is 24.1. The minimum absolute atomic E-state index is 0.358. The van der Waals surface area contributed by atoms with E-state index in [1.807, 2.05) is 50.2 Å². The molecule has 4 nitrogen and oxygen atoms in total. The van der Waals surface area contributed by atoms with Crippen LogP contribution >= 0.6 is 0 Å². The minimum atomic E-state index is -0.358. The highest BCUT2D eigenvalue weighted by molar-refractivity contribution is 6.11. The molecule has 2 heterocycles. The van der Waals surface area contributed by atoms with Gasteiger partial charge in [0.25, 0.3) is 0 Å². The molecule has 2 aromatic heterocycles. The molecule has 0 bridgehead atoms. The number of benzene rings is 9. The smallest absolute Gasteiger partial charge is 0.164 e. The molecule has 0 saturated heterocycles. The molecule has 0 atom stereocenters. The minimum Gasteiger partial charge on any atom is -0.309 e. The Morgan fingerprint density at radius 3 is 1.29 bits per heavy atom. The van der Waals surface area contributed by atoms with Crippen LogP contribution in [0.2, 0.25) is 0 Å². The number of hydrogen-bond donors (Lipinski definition) is 0. The lowest BCUT2D eigenvalue weighted by atomic mass is 9.72. The summed E-state index contributed by atoms with van der Waals surface area (Å²) in [6.07, 6.45) is 0. The SMILES string of the molecule is CC.Cc1ccc(-n2c3ccc(-c4ccccc4)cc3c3cc(-c4ccccc4)ccc32)cc1-c1cc(-c2nc(-c3ccccc3)nc(-c3ccccc3)n2)cc(C(C)(C)c2ccccc2C)c1C. The molecule has 9 aromatic carbocycles. The number of nitrogens with zero attached hydrogens (tertiary/aromatic N) is 4. The van der Waals surface area contributed by atoms with Crippen molar-refractivity contribution in [3.8, 4) is 73.2 Å². The molecule has 0 unspecified atom stereocenters. The number of aromatic nitrogens is 4. The van der Waals surface area contributed by atoms with E-state index in [1.54, 1.807) is 0 Å². The maximum Gasteiger partial charge on any atom is 0.164 e. The molecule has 11 aromatic rings. The quantitative estimate of drug-likeness (QED) is 0.145. The van der Waals surface area contributed by atoms with Crippen LogP contribution in [-0.2, 0) is 5.41 Å². The van der Waals surface area contributed by atoms with E-state index < -0.39 is 0 Å². The second-order valence-electron chi connectivity index (χ2n) is 18.2. The van der Waals surface area contributed by atoms with Gasteiger partial charge in [-0.1, -0.05) is 191 Å². The average Bonchev–Trinajstić information content (AvgIpc) is 3.73. The molecule has 336 valence electrons. The fourth-order valence-corrected chi connectivity index (χ4v) is 10.1. The fourth-order valence-electron chi connectivity index (χ4n) is 10.1. The normalized spacial score (nSPS) is 11.4. The summed E-state index contributed by atoms with van der Waals surface area (Å²) >= 11 is 0. The van der Waals surface area contributed by atoms with Gasteiger partial charge in [0.1, 0.15) is 0 Å². The van der Waals surface area contributed by atoms with Crippen LogP contribution in [-0.4, -0.2) is 19.5 Å². The molecule has 0 spiro atoms. The molecule has 69 heavy (non-hydrogen) atoms. The van der Waals surface area contributed by atoms with E-state index in [2.05, 4.69) is 215 Å². The van der Waals surface area contributed by atoms with Crippen LogP contribution in [0.3, 0.4) is 0 Å². The van der Waals surface area contributed by atoms with E-state index in [0.29, 0.717) is 17.5 Å². The Balaban J connectivity index is 0.00000273. The maximum absolute atomic E-state index is 5.26. The summed E-state index contributed by atoms with van der Waals surface area (Å²) in [7, 11) is 0. The van der Waals surface area contributed by atoms with E-state index in [-0.39, 0.29) is 5.41 Å². The summed E-state index contributed by atoms with van der Waals surface area (Å²) in [5, 5.41) is 2.44. The lowest BCUT2D eigenvalue weighted by Crippen LogP contribution is -2.22. The fraction of sp³-hybridized carbons (Fsp3) is 0.123. The van der Waals surface area contributed by atoms with Gasteiger partial charge in [-0.3, -0.25) is 0 Å². The summed E-state index contributed by atoms with van der Waals surface area (Å²) < 4.78 is 2.44. The Morgan fingerprint density at radius 2 is 0.797 bits per heavy atom. The van der Waals surface area contributed by atoms with E-state index in [1.165, 1.54) is 60.8 Å². The molecule has 0 amide bonds. The zero-order valence-corrected chi connectivity index (χ0v) is 40.5. The topological polar surface area (TPSA) is 43.6 Å². The molecule has 0 aliphatic rings. The summed E-state index contributed by atoms with van der Waals surface area (Å²) in [5.74, 6) is 1.92. The van der Waals surface area contributed by atoms with Gasteiger partial charge in [-0.05, 0) is 131 Å². The van der Waals surface area contributed by atoms with E-state index in [0.717, 1.165) is 44.5 Å². The molecule has 0 saturated carbocycles. The van der Waals surface area contributed by atoms with Gasteiger partial charge in [-0.2, -0.15) is 0 Å². The molecule has 0 radical (unpaired) electrons. The summed E-state index contributed by atoms with van der Waals surface area (Å²) in [4.78, 5) is 15.6. The Kier molecular flexibility index (Phi) is 12.2. The van der Waals surface area contributed by atoms with Gasteiger partial charge in [0.15, 0.2) is 17.5 Å². The monoisotopic (exact) mass is 892 g/mol. The van der Waals surface area contributed by atoms with Crippen molar-refractivity contribution in [2.75, 3.05) is 0 Å². The largest absolute Gasteiger partial charge is 0.309 e. The Morgan fingerprint density at radius 1 is 0.348 bits per heavy atom. The molecule has 4 heteroatoms. The average molecular weight is 893 g/mol. The molecule has 11 rings (SSSR count). The zero-order chi connectivity index (χ0) is 47.6. The van der Waals surface area contributed by atoms with Crippen LogP contribution < -0.4 is 0 Å². The van der Waals surface area contributed by atoms with Crippen molar-refractivity contribution >= 4 is 21.8 Å².